The SMILES string of the molecule is CCC(Oc1ccccc1F)C(=O)NCC(c1ccc(OC)cc1)N1CCCCC1.Cl. The number of ether oxygens (including phenoxy) is 2. The molecule has 2 aromatic carbocycles. The molecule has 1 aliphatic heterocycles. The van der Waals surface area contributed by atoms with E-state index in [-0.39, 0.29) is 30.1 Å². The van der Waals surface area contributed by atoms with Crippen LogP contribution in [0.25, 0.3) is 0 Å². The average Bonchev–Trinajstić information content (AvgIpc) is 2.79. The molecule has 2 unspecified atom stereocenters. The van der Waals surface area contributed by atoms with Gasteiger partial charge in [-0.05, 0) is 62.2 Å². The molecule has 2 atom stereocenters. The zero-order valence-electron chi connectivity index (χ0n) is 18.2. The molecule has 1 N–H and O–H groups in total. The van der Waals surface area contributed by atoms with Crippen molar-refractivity contribution in [3.8, 4) is 11.5 Å². The largest absolute Gasteiger partial charge is 0.497 e. The minimum absolute atomic E-state index is 0. The Kier molecular flexibility index (Phi) is 10.1. The van der Waals surface area contributed by atoms with Crippen molar-refractivity contribution in [1.29, 1.82) is 0 Å². The molecule has 1 fully saturated rings. The summed E-state index contributed by atoms with van der Waals surface area (Å²) < 4.78 is 24.8. The normalized spacial score (nSPS) is 16.0. The Bertz CT molecular complexity index is 813. The molecule has 1 heterocycles. The van der Waals surface area contributed by atoms with Crippen LogP contribution >= 0.6 is 12.4 Å². The van der Waals surface area contributed by atoms with Gasteiger partial charge in [0.25, 0.3) is 5.91 Å². The molecular formula is C24H32ClFN2O3. The monoisotopic (exact) mass is 450 g/mol. The van der Waals surface area contributed by atoms with E-state index in [1.54, 1.807) is 25.3 Å². The summed E-state index contributed by atoms with van der Waals surface area (Å²) in [5.74, 6) is 0.219. The van der Waals surface area contributed by atoms with Crippen molar-refractivity contribution >= 4 is 18.3 Å². The van der Waals surface area contributed by atoms with Gasteiger partial charge in [0.05, 0.1) is 13.2 Å². The summed E-state index contributed by atoms with van der Waals surface area (Å²) in [6.45, 7) is 4.35. The maximum atomic E-state index is 13.9. The first-order valence-electron chi connectivity index (χ1n) is 10.7. The highest BCUT2D eigenvalue weighted by molar-refractivity contribution is 5.85. The number of methoxy groups -OCH3 is 1. The molecular weight excluding hydrogens is 419 g/mol. The van der Waals surface area contributed by atoms with Crippen LogP contribution in [-0.4, -0.2) is 43.7 Å². The van der Waals surface area contributed by atoms with Crippen LogP contribution in [0.3, 0.4) is 0 Å². The van der Waals surface area contributed by atoms with Crippen LogP contribution < -0.4 is 14.8 Å². The van der Waals surface area contributed by atoms with Gasteiger partial charge in [0.1, 0.15) is 5.75 Å². The number of hydrogen-bond acceptors (Lipinski definition) is 4. The minimum Gasteiger partial charge on any atom is -0.497 e. The Morgan fingerprint density at radius 1 is 1.10 bits per heavy atom. The molecule has 1 aliphatic rings. The number of para-hydroxylation sites is 1. The number of nitrogens with zero attached hydrogens (tertiary/aromatic N) is 1. The van der Waals surface area contributed by atoms with E-state index in [9.17, 15) is 9.18 Å². The Morgan fingerprint density at radius 3 is 2.39 bits per heavy atom. The van der Waals surface area contributed by atoms with Crippen molar-refractivity contribution < 1.29 is 18.7 Å². The van der Waals surface area contributed by atoms with Crippen LogP contribution in [0, 0.1) is 5.82 Å². The van der Waals surface area contributed by atoms with E-state index in [2.05, 4.69) is 22.3 Å². The lowest BCUT2D eigenvalue weighted by molar-refractivity contribution is -0.128. The first kappa shape index (κ1) is 25.0. The molecule has 0 aromatic heterocycles. The van der Waals surface area contributed by atoms with Crippen molar-refractivity contribution in [1.82, 2.24) is 10.2 Å². The highest BCUT2D eigenvalue weighted by Gasteiger charge is 2.25. The van der Waals surface area contributed by atoms with Gasteiger partial charge < -0.3 is 14.8 Å². The Balaban J connectivity index is 0.00000341. The Hall–Kier alpha value is -2.31. The van der Waals surface area contributed by atoms with Gasteiger partial charge in [-0.2, -0.15) is 0 Å². The third kappa shape index (κ3) is 6.84. The zero-order valence-corrected chi connectivity index (χ0v) is 19.0. The molecule has 0 aliphatic carbocycles. The third-order valence-electron chi connectivity index (χ3n) is 5.57. The molecule has 170 valence electrons. The topological polar surface area (TPSA) is 50.8 Å². The van der Waals surface area contributed by atoms with Gasteiger partial charge in [0.15, 0.2) is 17.7 Å². The fraction of sp³-hybridized carbons (Fsp3) is 0.458. The predicted octanol–water partition coefficient (Wildman–Crippen LogP) is 4.76. The van der Waals surface area contributed by atoms with Crippen LogP contribution in [0.2, 0.25) is 0 Å². The number of rotatable bonds is 9. The predicted molar refractivity (Wildman–Crippen MR) is 123 cm³/mol. The number of benzene rings is 2. The number of halogens is 2. The van der Waals surface area contributed by atoms with Crippen LogP contribution in [-0.2, 0) is 4.79 Å². The van der Waals surface area contributed by atoms with Crippen LogP contribution in [0.4, 0.5) is 4.39 Å². The second-order valence-electron chi connectivity index (χ2n) is 7.58. The summed E-state index contributed by atoms with van der Waals surface area (Å²) in [7, 11) is 1.65. The van der Waals surface area contributed by atoms with E-state index in [1.807, 2.05) is 19.1 Å². The Labute approximate surface area is 190 Å². The van der Waals surface area contributed by atoms with E-state index in [0.717, 1.165) is 37.2 Å². The van der Waals surface area contributed by atoms with E-state index >= 15 is 0 Å². The minimum atomic E-state index is -0.736. The summed E-state index contributed by atoms with van der Waals surface area (Å²) >= 11 is 0. The van der Waals surface area contributed by atoms with Gasteiger partial charge in [-0.1, -0.05) is 37.6 Å². The summed E-state index contributed by atoms with van der Waals surface area (Å²) in [4.78, 5) is 15.2. The lowest BCUT2D eigenvalue weighted by atomic mass is 10.0. The molecule has 1 amide bonds. The fourth-order valence-corrected chi connectivity index (χ4v) is 3.84. The molecule has 0 saturated carbocycles. The average molecular weight is 451 g/mol. The lowest BCUT2D eigenvalue weighted by Crippen LogP contribution is -2.44. The second kappa shape index (κ2) is 12.5. The number of likely N-dealkylation sites (tertiary alicyclic amines) is 1. The smallest absolute Gasteiger partial charge is 0.261 e. The van der Waals surface area contributed by atoms with Crippen LogP contribution in [0.1, 0.15) is 44.2 Å². The van der Waals surface area contributed by atoms with Crippen molar-refractivity contribution in [2.45, 2.75) is 44.8 Å². The number of hydrogen-bond donors (Lipinski definition) is 1. The van der Waals surface area contributed by atoms with E-state index in [1.165, 1.54) is 12.5 Å². The van der Waals surface area contributed by atoms with Gasteiger partial charge in [0, 0.05) is 6.54 Å². The maximum absolute atomic E-state index is 13.9. The molecule has 1 saturated heterocycles. The molecule has 2 aromatic rings. The molecule has 0 radical (unpaired) electrons. The quantitative estimate of drug-likeness (QED) is 0.598. The number of carbonyl (C=O) groups is 1. The van der Waals surface area contributed by atoms with Gasteiger partial charge in [-0.3, -0.25) is 9.69 Å². The van der Waals surface area contributed by atoms with Gasteiger partial charge in [-0.25, -0.2) is 4.39 Å². The van der Waals surface area contributed by atoms with Crippen molar-refractivity contribution in [3.05, 3.63) is 59.9 Å². The number of nitrogens with one attached hydrogen (secondary N) is 1. The van der Waals surface area contributed by atoms with Crippen molar-refractivity contribution in [2.24, 2.45) is 0 Å². The molecule has 0 bridgehead atoms. The highest BCUT2D eigenvalue weighted by atomic mass is 35.5. The van der Waals surface area contributed by atoms with Crippen LogP contribution in [0.5, 0.6) is 11.5 Å². The number of amides is 1. The molecule has 31 heavy (non-hydrogen) atoms. The van der Waals surface area contributed by atoms with Gasteiger partial charge in [-0.15, -0.1) is 12.4 Å². The van der Waals surface area contributed by atoms with Crippen LogP contribution in [0.15, 0.2) is 48.5 Å². The van der Waals surface area contributed by atoms with Gasteiger partial charge in [0.2, 0.25) is 0 Å². The summed E-state index contributed by atoms with van der Waals surface area (Å²) in [5.41, 5.74) is 1.14. The molecule has 7 heteroatoms. The lowest BCUT2D eigenvalue weighted by Gasteiger charge is -2.35. The molecule has 5 nitrogen and oxygen atoms in total. The van der Waals surface area contributed by atoms with Gasteiger partial charge >= 0.3 is 0 Å². The summed E-state index contributed by atoms with van der Waals surface area (Å²) in [6, 6.07) is 14.2. The zero-order chi connectivity index (χ0) is 21.3. The third-order valence-corrected chi connectivity index (χ3v) is 5.57. The van der Waals surface area contributed by atoms with E-state index < -0.39 is 11.9 Å². The van der Waals surface area contributed by atoms with Crippen molar-refractivity contribution in [2.75, 3.05) is 26.7 Å². The first-order chi connectivity index (χ1) is 14.6. The van der Waals surface area contributed by atoms with E-state index in [4.69, 9.17) is 9.47 Å². The molecule has 3 rings (SSSR count). The fourth-order valence-electron chi connectivity index (χ4n) is 3.84. The Morgan fingerprint density at radius 2 is 1.77 bits per heavy atom. The summed E-state index contributed by atoms with van der Waals surface area (Å²) in [6.07, 6.45) is 3.28. The summed E-state index contributed by atoms with van der Waals surface area (Å²) in [5, 5.41) is 3.04. The highest BCUT2D eigenvalue weighted by Crippen LogP contribution is 2.26. The second-order valence-corrected chi connectivity index (χ2v) is 7.58. The number of carbonyl (C=O) groups excluding carboxylic acids is 1. The molecule has 0 spiro atoms. The van der Waals surface area contributed by atoms with E-state index in [0.29, 0.717) is 13.0 Å². The first-order valence-corrected chi connectivity index (χ1v) is 10.7. The number of piperidine rings is 1. The maximum Gasteiger partial charge on any atom is 0.261 e. The van der Waals surface area contributed by atoms with Crippen molar-refractivity contribution in [3.63, 3.8) is 0 Å². The standard InChI is InChI=1S/C24H31FN2O3.ClH/c1-3-22(30-23-10-6-5-9-20(23)25)24(28)26-17-21(27-15-7-4-8-16-27)18-11-13-19(29-2)14-12-18;/h5-6,9-14,21-22H,3-4,7-8,15-17H2,1-2H3,(H,26,28);1H.